The molecule has 0 saturated carbocycles. The number of amides is 1. The van der Waals surface area contributed by atoms with Gasteiger partial charge in [-0.05, 0) is 31.2 Å². The first kappa shape index (κ1) is 16.8. The Kier molecular flexibility index (Phi) is 5.12. The van der Waals surface area contributed by atoms with Crippen LogP contribution in [0.4, 0.5) is 8.78 Å². The topological polar surface area (TPSA) is 66.5 Å². The van der Waals surface area contributed by atoms with E-state index in [4.69, 9.17) is 0 Å². The first-order chi connectivity index (χ1) is 10.2. The van der Waals surface area contributed by atoms with Crippen molar-refractivity contribution >= 4 is 15.7 Å². The van der Waals surface area contributed by atoms with E-state index in [0.29, 0.717) is 12.0 Å². The number of rotatable bonds is 5. The molecule has 1 saturated heterocycles. The SMILES string of the molecule is CN(CC(=O)N[C@@H]1CCS(=O)(=O)C1)Cc1ccc(F)c(F)c1. The minimum absolute atomic E-state index is 0.0222. The van der Waals surface area contributed by atoms with Crippen molar-refractivity contribution in [2.45, 2.75) is 19.0 Å². The van der Waals surface area contributed by atoms with Crippen molar-refractivity contribution in [3.05, 3.63) is 35.4 Å². The number of benzene rings is 1. The largest absolute Gasteiger partial charge is 0.351 e. The fourth-order valence-corrected chi connectivity index (χ4v) is 4.11. The molecule has 0 radical (unpaired) electrons. The van der Waals surface area contributed by atoms with E-state index < -0.39 is 21.5 Å². The number of sulfone groups is 1. The third-order valence-corrected chi connectivity index (χ3v) is 5.22. The van der Waals surface area contributed by atoms with Crippen LogP contribution in [0, 0.1) is 11.6 Å². The Hall–Kier alpha value is -1.54. The molecule has 1 atom stereocenters. The lowest BCUT2D eigenvalue weighted by Crippen LogP contribution is -2.41. The van der Waals surface area contributed by atoms with Crippen molar-refractivity contribution in [1.82, 2.24) is 10.2 Å². The first-order valence-electron chi connectivity index (χ1n) is 6.87. The molecule has 1 aliphatic rings. The molecular weight excluding hydrogens is 314 g/mol. The molecule has 1 aromatic carbocycles. The smallest absolute Gasteiger partial charge is 0.234 e. The standard InChI is InChI=1S/C14H18F2N2O3S/c1-18(7-10-2-3-12(15)13(16)6-10)8-14(19)17-11-4-5-22(20,21)9-11/h2-3,6,11H,4-5,7-9H2,1H3,(H,17,19)/t11-/m1/s1. The molecule has 8 heteroatoms. The molecule has 1 N–H and O–H groups in total. The highest BCUT2D eigenvalue weighted by atomic mass is 32.2. The Morgan fingerprint density at radius 2 is 2.09 bits per heavy atom. The molecule has 22 heavy (non-hydrogen) atoms. The molecule has 0 bridgehead atoms. The second kappa shape index (κ2) is 6.70. The molecule has 1 aliphatic heterocycles. The quantitative estimate of drug-likeness (QED) is 0.862. The minimum atomic E-state index is -3.03. The van der Waals surface area contributed by atoms with Crippen LogP contribution in [0.5, 0.6) is 0 Å². The van der Waals surface area contributed by atoms with Crippen LogP contribution in [0.25, 0.3) is 0 Å². The third kappa shape index (κ3) is 4.74. The fraction of sp³-hybridized carbons (Fsp3) is 0.500. The highest BCUT2D eigenvalue weighted by molar-refractivity contribution is 7.91. The lowest BCUT2D eigenvalue weighted by atomic mass is 10.2. The summed E-state index contributed by atoms with van der Waals surface area (Å²) in [5, 5.41) is 2.68. The average molecular weight is 332 g/mol. The summed E-state index contributed by atoms with van der Waals surface area (Å²) >= 11 is 0. The summed E-state index contributed by atoms with van der Waals surface area (Å²) in [5.74, 6) is -2.04. The number of carbonyl (C=O) groups excluding carboxylic acids is 1. The molecule has 1 amide bonds. The molecule has 1 aromatic rings. The number of likely N-dealkylation sites (N-methyl/N-ethyl adjacent to an activating group) is 1. The number of nitrogens with zero attached hydrogens (tertiary/aromatic N) is 1. The average Bonchev–Trinajstić information content (AvgIpc) is 2.72. The molecule has 0 unspecified atom stereocenters. The maximum atomic E-state index is 13.1. The van der Waals surface area contributed by atoms with Gasteiger partial charge in [-0.2, -0.15) is 0 Å². The molecule has 0 aliphatic carbocycles. The lowest BCUT2D eigenvalue weighted by molar-refractivity contribution is -0.122. The van der Waals surface area contributed by atoms with Gasteiger partial charge in [0.2, 0.25) is 5.91 Å². The second-order valence-electron chi connectivity index (χ2n) is 5.59. The maximum Gasteiger partial charge on any atom is 0.234 e. The van der Waals surface area contributed by atoms with Crippen molar-refractivity contribution in [1.29, 1.82) is 0 Å². The number of carbonyl (C=O) groups is 1. The van der Waals surface area contributed by atoms with Gasteiger partial charge in [-0.15, -0.1) is 0 Å². The lowest BCUT2D eigenvalue weighted by Gasteiger charge is -2.18. The molecule has 5 nitrogen and oxygen atoms in total. The van der Waals surface area contributed by atoms with Gasteiger partial charge in [-0.3, -0.25) is 9.69 Å². The van der Waals surface area contributed by atoms with Gasteiger partial charge in [-0.25, -0.2) is 17.2 Å². The van der Waals surface area contributed by atoms with Gasteiger partial charge in [0.1, 0.15) is 0 Å². The van der Waals surface area contributed by atoms with E-state index in [-0.39, 0.29) is 36.5 Å². The molecule has 0 aromatic heterocycles. The van der Waals surface area contributed by atoms with E-state index in [1.165, 1.54) is 6.07 Å². The van der Waals surface area contributed by atoms with Crippen LogP contribution in [-0.2, 0) is 21.2 Å². The number of hydrogen-bond donors (Lipinski definition) is 1. The van der Waals surface area contributed by atoms with Crippen LogP contribution in [0.3, 0.4) is 0 Å². The second-order valence-corrected chi connectivity index (χ2v) is 7.82. The van der Waals surface area contributed by atoms with E-state index in [1.54, 1.807) is 11.9 Å². The molecular formula is C14H18F2N2O3S. The molecule has 1 fully saturated rings. The summed E-state index contributed by atoms with van der Waals surface area (Å²) in [4.78, 5) is 13.5. The first-order valence-corrected chi connectivity index (χ1v) is 8.69. The summed E-state index contributed by atoms with van der Waals surface area (Å²) in [7, 11) is -1.36. The van der Waals surface area contributed by atoms with Gasteiger partial charge in [0, 0.05) is 12.6 Å². The fourth-order valence-electron chi connectivity index (χ4n) is 2.43. The Balaban J connectivity index is 1.82. The van der Waals surface area contributed by atoms with Crippen molar-refractivity contribution in [3.8, 4) is 0 Å². The van der Waals surface area contributed by atoms with Crippen molar-refractivity contribution in [3.63, 3.8) is 0 Å². The highest BCUT2D eigenvalue weighted by Crippen LogP contribution is 2.12. The zero-order valence-corrected chi connectivity index (χ0v) is 13.0. The predicted molar refractivity (Wildman–Crippen MR) is 77.9 cm³/mol. The van der Waals surface area contributed by atoms with Crippen LogP contribution >= 0.6 is 0 Å². The number of hydrogen-bond acceptors (Lipinski definition) is 4. The minimum Gasteiger partial charge on any atom is -0.351 e. The van der Waals surface area contributed by atoms with Crippen molar-refractivity contribution < 1.29 is 22.0 Å². The van der Waals surface area contributed by atoms with E-state index in [2.05, 4.69) is 5.32 Å². The molecule has 2 rings (SSSR count). The summed E-state index contributed by atoms with van der Waals surface area (Å²) in [6.45, 7) is 0.336. The summed E-state index contributed by atoms with van der Waals surface area (Å²) in [5.41, 5.74) is 0.553. The van der Waals surface area contributed by atoms with Crippen LogP contribution in [-0.4, -0.2) is 50.4 Å². The van der Waals surface area contributed by atoms with Crippen molar-refractivity contribution in [2.24, 2.45) is 0 Å². The van der Waals surface area contributed by atoms with E-state index in [0.717, 1.165) is 12.1 Å². The zero-order chi connectivity index (χ0) is 16.3. The zero-order valence-electron chi connectivity index (χ0n) is 12.2. The van der Waals surface area contributed by atoms with Gasteiger partial charge >= 0.3 is 0 Å². The van der Waals surface area contributed by atoms with Crippen LogP contribution < -0.4 is 5.32 Å². The number of halogens is 2. The Morgan fingerprint density at radius 1 is 1.36 bits per heavy atom. The maximum absolute atomic E-state index is 13.1. The van der Waals surface area contributed by atoms with Gasteiger partial charge in [0.05, 0.1) is 18.1 Å². The normalized spacial score (nSPS) is 20.3. The molecule has 122 valence electrons. The monoisotopic (exact) mass is 332 g/mol. The predicted octanol–water partition coefficient (Wildman–Crippen LogP) is 0.700. The third-order valence-electron chi connectivity index (χ3n) is 3.45. The summed E-state index contributed by atoms with van der Waals surface area (Å²) in [6.07, 6.45) is 0.432. The highest BCUT2D eigenvalue weighted by Gasteiger charge is 2.28. The van der Waals surface area contributed by atoms with E-state index in [9.17, 15) is 22.0 Å². The van der Waals surface area contributed by atoms with Gasteiger partial charge in [0.15, 0.2) is 21.5 Å². The van der Waals surface area contributed by atoms with E-state index in [1.807, 2.05) is 0 Å². The summed E-state index contributed by atoms with van der Waals surface area (Å²) in [6, 6.07) is 3.25. The number of nitrogens with one attached hydrogen (secondary N) is 1. The van der Waals surface area contributed by atoms with E-state index >= 15 is 0 Å². The van der Waals surface area contributed by atoms with Gasteiger partial charge < -0.3 is 5.32 Å². The van der Waals surface area contributed by atoms with Crippen molar-refractivity contribution in [2.75, 3.05) is 25.1 Å². The molecule has 0 spiro atoms. The Labute approximate surface area is 128 Å². The summed E-state index contributed by atoms with van der Waals surface area (Å²) < 4.78 is 48.6. The van der Waals surface area contributed by atoms with Gasteiger partial charge in [0.25, 0.3) is 0 Å². The Bertz CT molecular complexity index is 664. The van der Waals surface area contributed by atoms with Crippen LogP contribution in [0.2, 0.25) is 0 Å². The van der Waals surface area contributed by atoms with Gasteiger partial charge in [-0.1, -0.05) is 6.07 Å². The molecule has 1 heterocycles. The Morgan fingerprint density at radius 3 is 2.68 bits per heavy atom. The van der Waals surface area contributed by atoms with Crippen LogP contribution in [0.15, 0.2) is 18.2 Å². The van der Waals surface area contributed by atoms with Crippen LogP contribution in [0.1, 0.15) is 12.0 Å².